The van der Waals surface area contributed by atoms with Crippen molar-refractivity contribution in [1.29, 1.82) is 0 Å². The summed E-state index contributed by atoms with van der Waals surface area (Å²) in [6, 6.07) is 9.30. The van der Waals surface area contributed by atoms with Gasteiger partial charge >= 0.3 is 6.09 Å². The molecule has 1 aliphatic rings. The third kappa shape index (κ3) is 7.06. The molecule has 47 heavy (non-hydrogen) atoms. The number of methoxy groups -OCH3 is 1. The second kappa shape index (κ2) is 13.8. The van der Waals surface area contributed by atoms with E-state index in [2.05, 4.69) is 25.3 Å². The van der Waals surface area contributed by atoms with E-state index >= 15 is 4.39 Å². The number of aliphatic hydroxyl groups is 1. The number of carbonyl (C=O) groups excluding carboxylic acids is 2. The fourth-order valence-corrected chi connectivity index (χ4v) is 6.04. The van der Waals surface area contributed by atoms with Crippen molar-refractivity contribution in [1.82, 2.24) is 24.8 Å². The molecule has 4 heterocycles. The first-order valence-electron chi connectivity index (χ1n) is 14.7. The third-order valence-electron chi connectivity index (χ3n) is 7.36. The van der Waals surface area contributed by atoms with E-state index in [4.69, 9.17) is 18.9 Å². The number of pyridine rings is 1. The number of benzene rings is 2. The number of carbonyl (C=O) groups is 2. The lowest BCUT2D eigenvalue weighted by atomic mass is 10.1. The van der Waals surface area contributed by atoms with Crippen molar-refractivity contribution >= 4 is 50.3 Å². The first-order chi connectivity index (χ1) is 22.7. The maximum absolute atomic E-state index is 15.0. The van der Waals surface area contributed by atoms with Crippen LogP contribution in [0.5, 0.6) is 11.6 Å². The maximum atomic E-state index is 15.0. The van der Waals surface area contributed by atoms with Crippen LogP contribution in [0.1, 0.15) is 23.0 Å². The zero-order valence-corrected chi connectivity index (χ0v) is 26.5. The number of hydrogen-bond acceptors (Lipinski definition) is 12. The first kappa shape index (κ1) is 32.0. The van der Waals surface area contributed by atoms with E-state index in [-0.39, 0.29) is 37.2 Å². The fraction of sp³-hybridized carbons (Fsp3) is 0.312. The highest BCUT2D eigenvalue weighted by Gasteiger charge is 2.28. The van der Waals surface area contributed by atoms with Crippen LogP contribution in [0.25, 0.3) is 31.8 Å². The van der Waals surface area contributed by atoms with Gasteiger partial charge in [-0.05, 0) is 43.7 Å². The molecular weight excluding hydrogens is 631 g/mol. The van der Waals surface area contributed by atoms with E-state index in [9.17, 15) is 14.7 Å². The van der Waals surface area contributed by atoms with Gasteiger partial charge in [0, 0.05) is 24.2 Å². The number of anilines is 1. The first-order valence-corrected chi connectivity index (χ1v) is 15.5. The molecule has 3 aromatic heterocycles. The number of aliphatic hydroxyl groups excluding tert-OH is 1. The van der Waals surface area contributed by atoms with Crippen molar-refractivity contribution in [3.63, 3.8) is 0 Å². The number of aromatic nitrogens is 4. The molecule has 2 atom stereocenters. The van der Waals surface area contributed by atoms with Crippen LogP contribution < -0.4 is 14.8 Å². The summed E-state index contributed by atoms with van der Waals surface area (Å²) in [4.78, 5) is 44.6. The Balaban J connectivity index is 1.07. The maximum Gasteiger partial charge on any atom is 0.412 e. The standard InChI is InChI=1S/C32H31FN6O7S/c1-17-8-21(29-25(9-17)37-28(43-3)13-35-29)30-38-24-10-22(33)26(11-27(24)47-30)45-15-18(2)46-32(42)36-19-4-5-23(34-12-19)31(41)39-6-7-44-16-20(39)14-40/h4-5,8-13,18,20,40H,6-7,14-16H2,1-3H3,(H,36,42)/t18-,20-/m1/s1. The van der Waals surface area contributed by atoms with Gasteiger partial charge in [0.2, 0.25) is 5.88 Å². The predicted octanol–water partition coefficient (Wildman–Crippen LogP) is 4.61. The summed E-state index contributed by atoms with van der Waals surface area (Å²) >= 11 is 1.37. The molecule has 0 aliphatic carbocycles. The number of fused-ring (bicyclic) bond motifs is 2. The molecule has 0 unspecified atom stereocenters. The van der Waals surface area contributed by atoms with Gasteiger partial charge < -0.3 is 29.0 Å². The van der Waals surface area contributed by atoms with E-state index in [0.717, 1.165) is 11.1 Å². The van der Waals surface area contributed by atoms with Gasteiger partial charge in [-0.15, -0.1) is 11.3 Å². The summed E-state index contributed by atoms with van der Waals surface area (Å²) in [5.74, 6) is -0.547. The molecule has 2 amide bonds. The molecular formula is C32H31FN6O7S. The second-order valence-corrected chi connectivity index (χ2v) is 11.9. The molecule has 15 heteroatoms. The molecule has 2 N–H and O–H groups in total. The van der Waals surface area contributed by atoms with Crippen LogP contribution in [-0.2, 0) is 9.47 Å². The summed E-state index contributed by atoms with van der Waals surface area (Å²) in [5, 5.41) is 12.7. The van der Waals surface area contributed by atoms with Crippen LogP contribution >= 0.6 is 11.3 Å². The molecule has 0 radical (unpaired) electrons. The van der Waals surface area contributed by atoms with Crippen LogP contribution in [0, 0.1) is 12.7 Å². The van der Waals surface area contributed by atoms with E-state index in [0.29, 0.717) is 51.0 Å². The minimum absolute atomic E-state index is 0.00431. The lowest BCUT2D eigenvalue weighted by Crippen LogP contribution is -2.50. The molecule has 0 bridgehead atoms. The van der Waals surface area contributed by atoms with Crippen molar-refractivity contribution in [2.75, 3.05) is 45.4 Å². The highest BCUT2D eigenvalue weighted by molar-refractivity contribution is 7.21. The predicted molar refractivity (Wildman–Crippen MR) is 171 cm³/mol. The van der Waals surface area contributed by atoms with Gasteiger partial charge in [0.05, 0.1) is 72.3 Å². The van der Waals surface area contributed by atoms with Gasteiger partial charge in [-0.1, -0.05) is 0 Å². The Bertz CT molecular complexity index is 1940. The van der Waals surface area contributed by atoms with E-state index < -0.39 is 24.1 Å². The van der Waals surface area contributed by atoms with Crippen molar-refractivity contribution in [2.24, 2.45) is 0 Å². The average molecular weight is 663 g/mol. The minimum Gasteiger partial charge on any atom is -0.487 e. The zero-order valence-electron chi connectivity index (χ0n) is 25.7. The highest BCUT2D eigenvalue weighted by Crippen LogP contribution is 2.37. The normalized spacial score (nSPS) is 15.4. The summed E-state index contributed by atoms with van der Waals surface area (Å²) in [6.07, 6.45) is 1.37. The van der Waals surface area contributed by atoms with Gasteiger partial charge in [0.25, 0.3) is 5.91 Å². The average Bonchev–Trinajstić information content (AvgIpc) is 3.48. The smallest absolute Gasteiger partial charge is 0.412 e. The van der Waals surface area contributed by atoms with Gasteiger partial charge in [-0.2, -0.15) is 0 Å². The Morgan fingerprint density at radius 1 is 1.17 bits per heavy atom. The number of rotatable bonds is 9. The SMILES string of the molecule is COc1cnc2c(-c3nc4cc(F)c(OC[C@@H](C)OC(=O)Nc5ccc(C(=O)N6CCOC[C@H]6CO)nc5)cc4s3)cc(C)cc2n1. The molecule has 0 spiro atoms. The van der Waals surface area contributed by atoms with Crippen LogP contribution in [0.4, 0.5) is 14.9 Å². The molecule has 1 fully saturated rings. The molecule has 13 nitrogen and oxygen atoms in total. The Hall–Kier alpha value is -4.99. The summed E-state index contributed by atoms with van der Waals surface area (Å²) in [5.41, 5.74) is 4.00. The van der Waals surface area contributed by atoms with Gasteiger partial charge in [0.15, 0.2) is 11.6 Å². The monoisotopic (exact) mass is 662 g/mol. The second-order valence-electron chi connectivity index (χ2n) is 10.9. The Labute approximate surface area is 272 Å². The number of nitrogens with one attached hydrogen (secondary N) is 1. The lowest BCUT2D eigenvalue weighted by molar-refractivity contribution is -0.0186. The number of halogens is 1. The quantitative estimate of drug-likeness (QED) is 0.227. The molecule has 5 aromatic rings. The molecule has 1 aliphatic heterocycles. The largest absolute Gasteiger partial charge is 0.487 e. The third-order valence-corrected chi connectivity index (χ3v) is 8.41. The summed E-state index contributed by atoms with van der Waals surface area (Å²) in [6.45, 7) is 4.20. The number of morpholine rings is 1. The van der Waals surface area contributed by atoms with Crippen LogP contribution in [0.2, 0.25) is 0 Å². The molecule has 0 saturated carbocycles. The van der Waals surface area contributed by atoms with Gasteiger partial charge in [-0.25, -0.2) is 29.1 Å². The van der Waals surface area contributed by atoms with Crippen LogP contribution in [-0.4, -0.2) is 94.2 Å². The van der Waals surface area contributed by atoms with Crippen molar-refractivity contribution in [3.8, 4) is 22.2 Å². The van der Waals surface area contributed by atoms with Crippen molar-refractivity contribution in [3.05, 3.63) is 65.9 Å². The van der Waals surface area contributed by atoms with Gasteiger partial charge in [-0.3, -0.25) is 10.1 Å². The number of hydrogen-bond donors (Lipinski definition) is 2. The molecule has 244 valence electrons. The van der Waals surface area contributed by atoms with E-state index in [1.807, 2.05) is 19.1 Å². The van der Waals surface area contributed by atoms with Crippen molar-refractivity contribution < 1.29 is 38.0 Å². The van der Waals surface area contributed by atoms with Crippen LogP contribution in [0.3, 0.4) is 0 Å². The Morgan fingerprint density at radius 2 is 2.02 bits per heavy atom. The zero-order chi connectivity index (χ0) is 33.1. The number of ether oxygens (including phenoxy) is 4. The Morgan fingerprint density at radius 3 is 2.79 bits per heavy atom. The van der Waals surface area contributed by atoms with Gasteiger partial charge in [0.1, 0.15) is 23.4 Å². The van der Waals surface area contributed by atoms with E-state index in [1.54, 1.807) is 19.2 Å². The topological polar surface area (TPSA) is 158 Å². The molecule has 2 aromatic carbocycles. The molecule has 6 rings (SSSR count). The minimum atomic E-state index is -0.773. The number of nitrogens with zero attached hydrogens (tertiary/aromatic N) is 5. The summed E-state index contributed by atoms with van der Waals surface area (Å²) < 4.78 is 37.3. The highest BCUT2D eigenvalue weighted by atomic mass is 32.1. The molecule has 1 saturated heterocycles. The van der Waals surface area contributed by atoms with E-state index in [1.165, 1.54) is 47.7 Å². The summed E-state index contributed by atoms with van der Waals surface area (Å²) in [7, 11) is 1.53. The Kier molecular flexibility index (Phi) is 9.38. The number of amides is 2. The van der Waals surface area contributed by atoms with Crippen LogP contribution in [0.15, 0.2) is 48.8 Å². The fourth-order valence-electron chi connectivity index (χ4n) is 5.05. The lowest BCUT2D eigenvalue weighted by Gasteiger charge is -2.34. The number of aryl methyl sites for hydroxylation is 1. The number of thiazole rings is 1. The van der Waals surface area contributed by atoms with Crippen molar-refractivity contribution in [2.45, 2.75) is 26.0 Å².